The van der Waals surface area contributed by atoms with E-state index < -0.39 is 0 Å². The van der Waals surface area contributed by atoms with Crippen molar-refractivity contribution in [1.29, 1.82) is 0 Å². The summed E-state index contributed by atoms with van der Waals surface area (Å²) in [6.45, 7) is 0. The third-order valence-corrected chi connectivity index (χ3v) is 2.61. The molecule has 1 aromatic heterocycles. The highest BCUT2D eigenvalue weighted by molar-refractivity contribution is 5.81. The molecule has 2 aromatic rings. The van der Waals surface area contributed by atoms with E-state index in [0.717, 1.165) is 16.6 Å². The number of H-pyrrole nitrogens is 1. The zero-order chi connectivity index (χ0) is 10.3. The van der Waals surface area contributed by atoms with Crippen LogP contribution in [0.1, 0.15) is 11.7 Å². The Kier molecular flexibility index (Phi) is 1.65. The van der Waals surface area contributed by atoms with Gasteiger partial charge >= 0.3 is 0 Å². The van der Waals surface area contributed by atoms with Crippen molar-refractivity contribution in [3.8, 4) is 0 Å². The Morgan fingerprint density at radius 2 is 2.13 bits per heavy atom. The maximum absolute atomic E-state index is 9.58. The number of aromatic nitrogens is 1. The number of nitrogens with one attached hydrogen (secondary N) is 1. The minimum Gasteiger partial charge on any atom is -0.510 e. The summed E-state index contributed by atoms with van der Waals surface area (Å²) >= 11 is 0. The largest absolute Gasteiger partial charge is 0.510 e. The molecular formula is C12H10N2O. The van der Waals surface area contributed by atoms with Crippen LogP contribution >= 0.6 is 0 Å². The van der Waals surface area contributed by atoms with Crippen LogP contribution in [0.15, 0.2) is 47.2 Å². The van der Waals surface area contributed by atoms with Gasteiger partial charge in [0, 0.05) is 17.4 Å². The van der Waals surface area contributed by atoms with E-state index in [2.05, 4.69) is 9.98 Å². The first-order valence-corrected chi connectivity index (χ1v) is 4.84. The molecule has 15 heavy (non-hydrogen) atoms. The van der Waals surface area contributed by atoms with Crippen molar-refractivity contribution >= 4 is 17.1 Å². The lowest BCUT2D eigenvalue weighted by Crippen LogP contribution is -1.95. The molecule has 1 unspecified atom stereocenters. The lowest BCUT2D eigenvalue weighted by molar-refractivity contribution is 0.374. The van der Waals surface area contributed by atoms with E-state index in [-0.39, 0.29) is 6.04 Å². The molecule has 0 spiro atoms. The van der Waals surface area contributed by atoms with Crippen molar-refractivity contribution < 1.29 is 5.11 Å². The second-order valence-corrected chi connectivity index (χ2v) is 3.60. The van der Waals surface area contributed by atoms with Crippen LogP contribution < -0.4 is 0 Å². The number of hydrogen-bond donors (Lipinski definition) is 2. The Balaban J connectivity index is 2.12. The SMILES string of the molecule is OC1=CC=NC1c1cc2ccccc2[nH]1. The number of rotatable bonds is 1. The molecule has 3 rings (SSSR count). The maximum Gasteiger partial charge on any atom is 0.146 e. The van der Waals surface area contributed by atoms with Crippen molar-refractivity contribution in [3.63, 3.8) is 0 Å². The third-order valence-electron chi connectivity index (χ3n) is 2.61. The Hall–Kier alpha value is -2.03. The zero-order valence-corrected chi connectivity index (χ0v) is 8.01. The summed E-state index contributed by atoms with van der Waals surface area (Å²) in [6.07, 6.45) is 3.25. The van der Waals surface area contributed by atoms with Gasteiger partial charge in [-0.05, 0) is 23.6 Å². The summed E-state index contributed by atoms with van der Waals surface area (Å²) in [5, 5.41) is 10.7. The van der Waals surface area contributed by atoms with Gasteiger partial charge in [-0.3, -0.25) is 4.99 Å². The summed E-state index contributed by atoms with van der Waals surface area (Å²) in [5.74, 6) is 0.293. The second-order valence-electron chi connectivity index (χ2n) is 3.60. The number of allylic oxidation sites excluding steroid dienone is 1. The van der Waals surface area contributed by atoms with Gasteiger partial charge in [0.1, 0.15) is 11.8 Å². The van der Waals surface area contributed by atoms with Gasteiger partial charge in [0.15, 0.2) is 0 Å². The number of para-hydroxylation sites is 1. The summed E-state index contributed by atoms with van der Waals surface area (Å²) < 4.78 is 0. The zero-order valence-electron chi connectivity index (χ0n) is 8.01. The van der Waals surface area contributed by atoms with Crippen LogP contribution in [-0.4, -0.2) is 16.3 Å². The van der Waals surface area contributed by atoms with Crippen molar-refractivity contribution in [2.24, 2.45) is 4.99 Å². The first kappa shape index (κ1) is 8.29. The minimum absolute atomic E-state index is 0.252. The molecule has 0 aliphatic carbocycles. The molecule has 0 amide bonds. The number of aliphatic imine (C=N–C) groups is 1. The lowest BCUT2D eigenvalue weighted by atomic mass is 10.2. The number of nitrogens with zero attached hydrogens (tertiary/aromatic N) is 1. The molecule has 74 valence electrons. The van der Waals surface area contributed by atoms with E-state index in [1.165, 1.54) is 0 Å². The van der Waals surface area contributed by atoms with Crippen LogP contribution in [0.2, 0.25) is 0 Å². The molecule has 0 saturated carbocycles. The number of benzene rings is 1. The number of aromatic amines is 1. The van der Waals surface area contributed by atoms with Gasteiger partial charge in [-0.25, -0.2) is 0 Å². The van der Waals surface area contributed by atoms with Gasteiger partial charge in [0.05, 0.1) is 0 Å². The molecule has 3 nitrogen and oxygen atoms in total. The van der Waals surface area contributed by atoms with Crippen LogP contribution in [0.3, 0.4) is 0 Å². The fourth-order valence-corrected chi connectivity index (χ4v) is 1.86. The van der Waals surface area contributed by atoms with Crippen LogP contribution in [0.5, 0.6) is 0 Å². The van der Waals surface area contributed by atoms with Gasteiger partial charge in [0.25, 0.3) is 0 Å². The number of hydrogen-bond acceptors (Lipinski definition) is 2. The van der Waals surface area contributed by atoms with E-state index in [1.54, 1.807) is 12.3 Å². The molecule has 0 radical (unpaired) electrons. The predicted molar refractivity (Wildman–Crippen MR) is 60.2 cm³/mol. The third kappa shape index (κ3) is 1.24. The highest BCUT2D eigenvalue weighted by Crippen LogP contribution is 2.28. The quantitative estimate of drug-likeness (QED) is 0.727. The number of aliphatic hydroxyl groups is 1. The van der Waals surface area contributed by atoms with Crippen LogP contribution in [0.25, 0.3) is 10.9 Å². The van der Waals surface area contributed by atoms with Crippen molar-refractivity contribution in [1.82, 2.24) is 4.98 Å². The van der Waals surface area contributed by atoms with Crippen LogP contribution in [0, 0.1) is 0 Å². The van der Waals surface area contributed by atoms with E-state index in [4.69, 9.17) is 0 Å². The molecule has 0 fully saturated rings. The number of fused-ring (bicyclic) bond motifs is 1. The van der Waals surface area contributed by atoms with E-state index in [0.29, 0.717) is 5.76 Å². The molecule has 2 heterocycles. The highest BCUT2D eigenvalue weighted by atomic mass is 16.3. The Morgan fingerprint density at radius 1 is 1.27 bits per heavy atom. The normalized spacial score (nSPS) is 19.7. The van der Waals surface area contributed by atoms with Gasteiger partial charge in [-0.2, -0.15) is 0 Å². The summed E-state index contributed by atoms with van der Waals surface area (Å²) in [5.41, 5.74) is 2.00. The average molecular weight is 198 g/mol. The first-order valence-electron chi connectivity index (χ1n) is 4.84. The Bertz CT molecular complexity index is 533. The fourth-order valence-electron chi connectivity index (χ4n) is 1.86. The van der Waals surface area contributed by atoms with Gasteiger partial charge in [-0.15, -0.1) is 0 Å². The molecule has 1 aliphatic rings. The fraction of sp³-hybridized carbons (Fsp3) is 0.0833. The van der Waals surface area contributed by atoms with Crippen molar-refractivity contribution in [2.45, 2.75) is 6.04 Å². The summed E-state index contributed by atoms with van der Waals surface area (Å²) in [6, 6.07) is 9.79. The molecule has 2 N–H and O–H groups in total. The minimum atomic E-state index is -0.252. The van der Waals surface area contributed by atoms with Gasteiger partial charge in [0.2, 0.25) is 0 Å². The smallest absolute Gasteiger partial charge is 0.146 e. The molecule has 1 aromatic carbocycles. The van der Waals surface area contributed by atoms with Crippen LogP contribution in [-0.2, 0) is 0 Å². The molecule has 0 bridgehead atoms. The van der Waals surface area contributed by atoms with Crippen molar-refractivity contribution in [3.05, 3.63) is 47.9 Å². The summed E-state index contributed by atoms with van der Waals surface area (Å²) in [7, 11) is 0. The summed E-state index contributed by atoms with van der Waals surface area (Å²) in [4.78, 5) is 7.44. The van der Waals surface area contributed by atoms with E-state index in [1.807, 2.05) is 30.3 Å². The van der Waals surface area contributed by atoms with Gasteiger partial charge in [-0.1, -0.05) is 18.2 Å². The molecule has 1 atom stereocenters. The average Bonchev–Trinajstić information content (AvgIpc) is 2.82. The number of aliphatic hydroxyl groups excluding tert-OH is 1. The molecule has 0 saturated heterocycles. The first-order chi connectivity index (χ1) is 7.34. The standard InChI is InChI=1S/C12H10N2O/c15-11-5-6-13-12(11)10-7-8-3-1-2-4-9(8)14-10/h1-7,12,14-15H. The second kappa shape index (κ2) is 2.98. The molecule has 1 aliphatic heterocycles. The van der Waals surface area contributed by atoms with Gasteiger partial charge < -0.3 is 10.1 Å². The van der Waals surface area contributed by atoms with E-state index in [9.17, 15) is 5.11 Å². The maximum atomic E-state index is 9.58. The Labute approximate surface area is 86.8 Å². The molecular weight excluding hydrogens is 188 g/mol. The monoisotopic (exact) mass is 198 g/mol. The van der Waals surface area contributed by atoms with Crippen molar-refractivity contribution in [2.75, 3.05) is 0 Å². The lowest BCUT2D eigenvalue weighted by Gasteiger charge is -2.04. The topological polar surface area (TPSA) is 48.4 Å². The predicted octanol–water partition coefficient (Wildman–Crippen LogP) is 2.74. The van der Waals surface area contributed by atoms with Crippen LogP contribution in [0.4, 0.5) is 0 Å². The molecule has 3 heteroatoms. The highest BCUT2D eigenvalue weighted by Gasteiger charge is 2.19. The van der Waals surface area contributed by atoms with E-state index >= 15 is 0 Å². The Morgan fingerprint density at radius 3 is 2.87 bits per heavy atom.